The largest absolute Gasteiger partial charge is 0.591 e. The van der Waals surface area contributed by atoms with Gasteiger partial charge in [0, 0.05) is 17.7 Å². The van der Waals surface area contributed by atoms with Gasteiger partial charge in [0.15, 0.2) is 0 Å². The molecule has 0 saturated heterocycles. The van der Waals surface area contributed by atoms with Gasteiger partial charge in [-0.1, -0.05) is 4.40 Å². The van der Waals surface area contributed by atoms with Gasteiger partial charge in [-0.25, -0.2) is 0 Å². The molecule has 1 aromatic rings. The molecule has 0 amide bonds. The molecule has 122 valence electrons. The topological polar surface area (TPSA) is 87.8 Å². The number of hydrogen-bond acceptors (Lipinski definition) is 5. The van der Waals surface area contributed by atoms with E-state index in [1.54, 1.807) is 20.8 Å². The van der Waals surface area contributed by atoms with Gasteiger partial charge < -0.3 is 9.29 Å². The van der Waals surface area contributed by atoms with Crippen molar-refractivity contribution in [3.63, 3.8) is 0 Å². The van der Waals surface area contributed by atoms with Gasteiger partial charge in [-0.2, -0.15) is 0 Å². The average molecular weight is 338 g/mol. The van der Waals surface area contributed by atoms with Gasteiger partial charge in [0.25, 0.3) is 5.69 Å². The highest BCUT2D eigenvalue weighted by molar-refractivity contribution is 7.91. The lowest BCUT2D eigenvalue weighted by molar-refractivity contribution is -0.385. The van der Waals surface area contributed by atoms with Crippen molar-refractivity contribution in [1.82, 2.24) is 0 Å². The second-order valence-electron chi connectivity index (χ2n) is 5.12. The minimum absolute atomic E-state index is 0.288. The number of nitro groups is 1. The van der Waals surface area contributed by atoms with Gasteiger partial charge in [0.05, 0.1) is 11.1 Å². The van der Waals surface area contributed by atoms with Crippen LogP contribution in [-0.4, -0.2) is 26.8 Å². The lowest BCUT2D eigenvalue weighted by atomic mass is 10.2. The molecule has 0 unspecified atom stereocenters. The number of nitro benzene ring substituents is 1. The van der Waals surface area contributed by atoms with Crippen LogP contribution in [0.15, 0.2) is 22.6 Å². The first-order valence-corrected chi connectivity index (χ1v) is 7.01. The Morgan fingerprint density at radius 2 is 1.91 bits per heavy atom. The quantitative estimate of drug-likeness (QED) is 0.364. The summed E-state index contributed by atoms with van der Waals surface area (Å²) in [5.41, 5.74) is -0.721. The summed E-state index contributed by atoms with van der Waals surface area (Å²) in [5, 5.41) is 10.7. The molecule has 0 aliphatic heterocycles. The van der Waals surface area contributed by atoms with E-state index in [-0.39, 0.29) is 5.56 Å². The van der Waals surface area contributed by atoms with Crippen LogP contribution in [0.3, 0.4) is 0 Å². The van der Waals surface area contributed by atoms with E-state index >= 15 is 0 Å². The molecule has 0 aliphatic carbocycles. The Bertz CT molecular complexity index is 585. The monoisotopic (exact) mass is 338 g/mol. The van der Waals surface area contributed by atoms with E-state index in [2.05, 4.69) is 9.13 Å². The van der Waals surface area contributed by atoms with Crippen molar-refractivity contribution in [1.29, 1.82) is 0 Å². The van der Waals surface area contributed by atoms with Crippen molar-refractivity contribution in [3.8, 4) is 5.75 Å². The minimum Gasteiger partial charge on any atom is -0.591 e. The number of benzene rings is 1. The zero-order valence-corrected chi connectivity index (χ0v) is 12.7. The molecule has 0 bridgehead atoms. The molecule has 1 rings (SSSR count). The first-order chi connectivity index (χ1) is 9.90. The zero-order valence-electron chi connectivity index (χ0n) is 11.9. The predicted molar refractivity (Wildman–Crippen MR) is 75.3 cm³/mol. The van der Waals surface area contributed by atoms with Crippen LogP contribution in [0.25, 0.3) is 0 Å². The number of rotatable bonds is 4. The van der Waals surface area contributed by atoms with E-state index in [4.69, 9.17) is 0 Å². The van der Waals surface area contributed by atoms with E-state index in [9.17, 15) is 27.8 Å². The third-order valence-corrected chi connectivity index (χ3v) is 3.59. The number of halogens is 3. The summed E-state index contributed by atoms with van der Waals surface area (Å²) in [4.78, 5) is 9.92. The fraction of sp³-hybridized carbons (Fsp3) is 0.417. The predicted octanol–water partition coefficient (Wildman–Crippen LogP) is 3.37. The molecule has 0 aromatic heterocycles. The SMILES string of the molecule is CC(C)(C)[S@@+]([O-])/N=C/c1cc([N+](=O)[O-])ccc1OC(F)(F)F. The lowest BCUT2D eigenvalue weighted by Gasteiger charge is -2.18. The Labute approximate surface area is 127 Å². The zero-order chi connectivity index (χ0) is 17.1. The summed E-state index contributed by atoms with van der Waals surface area (Å²) < 4.78 is 55.4. The Morgan fingerprint density at radius 3 is 2.36 bits per heavy atom. The van der Waals surface area contributed by atoms with Gasteiger partial charge >= 0.3 is 6.36 Å². The standard InChI is InChI=1S/C12H13F3N2O4S/c1-11(2,3)22(20)16-7-8-6-9(17(18)19)4-5-10(8)21-12(13,14)15/h4-7H,1-3H3/b16-7+/t22-/m1/s1. The summed E-state index contributed by atoms with van der Waals surface area (Å²) in [7, 11) is 0. The Kier molecular flexibility index (Phi) is 5.41. The van der Waals surface area contributed by atoms with Crippen LogP contribution in [0.2, 0.25) is 0 Å². The first-order valence-electron chi connectivity index (χ1n) is 5.90. The smallest absolute Gasteiger partial charge is 0.573 e. The van der Waals surface area contributed by atoms with E-state index < -0.39 is 38.8 Å². The van der Waals surface area contributed by atoms with Gasteiger partial charge in [-0.3, -0.25) is 10.1 Å². The van der Waals surface area contributed by atoms with Gasteiger partial charge in [0.2, 0.25) is 0 Å². The first kappa shape index (κ1) is 18.2. The fourth-order valence-electron chi connectivity index (χ4n) is 1.23. The van der Waals surface area contributed by atoms with Crippen molar-refractivity contribution >= 4 is 23.3 Å². The maximum Gasteiger partial charge on any atom is 0.573 e. The summed E-state index contributed by atoms with van der Waals surface area (Å²) in [6.07, 6.45) is -4.09. The molecule has 22 heavy (non-hydrogen) atoms. The third-order valence-electron chi connectivity index (χ3n) is 2.24. The molecule has 10 heteroatoms. The summed E-state index contributed by atoms with van der Waals surface area (Å²) in [6.45, 7) is 4.88. The fourth-order valence-corrected chi connectivity index (χ4v) is 1.76. The van der Waals surface area contributed by atoms with Crippen LogP contribution in [0.1, 0.15) is 26.3 Å². The molecule has 6 nitrogen and oxygen atoms in total. The molecule has 0 saturated carbocycles. The summed E-state index contributed by atoms with van der Waals surface area (Å²) >= 11 is -1.72. The Hall–Kier alpha value is -1.81. The summed E-state index contributed by atoms with van der Waals surface area (Å²) in [6, 6.07) is 2.55. The number of nitrogens with zero attached hydrogens (tertiary/aromatic N) is 2. The van der Waals surface area contributed by atoms with Crippen molar-refractivity contribution in [2.24, 2.45) is 4.40 Å². The van der Waals surface area contributed by atoms with Gasteiger partial charge in [0.1, 0.15) is 21.9 Å². The lowest BCUT2D eigenvalue weighted by Crippen LogP contribution is -2.26. The van der Waals surface area contributed by atoms with Crippen LogP contribution in [0.5, 0.6) is 5.75 Å². The number of ether oxygens (including phenoxy) is 1. The normalized spacial score (nSPS) is 14.1. The van der Waals surface area contributed by atoms with Crippen molar-refractivity contribution in [3.05, 3.63) is 33.9 Å². The minimum atomic E-state index is -4.96. The molecular weight excluding hydrogens is 325 g/mol. The number of alkyl halides is 3. The van der Waals surface area contributed by atoms with E-state index in [0.29, 0.717) is 0 Å². The van der Waals surface area contributed by atoms with Gasteiger partial charge in [-0.15, -0.1) is 13.2 Å². The molecular formula is C12H13F3N2O4S. The van der Waals surface area contributed by atoms with Crippen molar-refractivity contribution in [2.45, 2.75) is 31.9 Å². The molecule has 0 spiro atoms. The maximum absolute atomic E-state index is 12.3. The second kappa shape index (κ2) is 6.53. The summed E-state index contributed by atoms with van der Waals surface area (Å²) in [5.74, 6) is -0.659. The Balaban J connectivity index is 3.20. The maximum atomic E-state index is 12.3. The third kappa shape index (κ3) is 5.53. The van der Waals surface area contributed by atoms with Crippen LogP contribution in [0, 0.1) is 10.1 Å². The highest BCUT2D eigenvalue weighted by Gasteiger charge is 2.32. The van der Waals surface area contributed by atoms with Crippen LogP contribution >= 0.6 is 0 Å². The molecule has 0 N–H and O–H groups in total. The van der Waals surface area contributed by atoms with E-state index in [0.717, 1.165) is 24.4 Å². The second-order valence-corrected chi connectivity index (χ2v) is 7.06. The number of hydrogen-bond donors (Lipinski definition) is 0. The Morgan fingerprint density at radius 1 is 1.32 bits per heavy atom. The van der Waals surface area contributed by atoms with Crippen molar-refractivity contribution in [2.75, 3.05) is 0 Å². The molecule has 1 aromatic carbocycles. The molecule has 0 radical (unpaired) electrons. The average Bonchev–Trinajstić information content (AvgIpc) is 2.33. The van der Waals surface area contributed by atoms with E-state index in [1.165, 1.54) is 0 Å². The highest BCUT2D eigenvalue weighted by atomic mass is 32.2. The van der Waals surface area contributed by atoms with Gasteiger partial charge in [-0.05, 0) is 26.8 Å². The van der Waals surface area contributed by atoms with Crippen molar-refractivity contribution < 1.29 is 27.4 Å². The van der Waals surface area contributed by atoms with E-state index in [1.807, 2.05) is 0 Å². The molecule has 0 fully saturated rings. The molecule has 0 aliphatic rings. The van der Waals surface area contributed by atoms with Crippen LogP contribution in [0.4, 0.5) is 18.9 Å². The highest BCUT2D eigenvalue weighted by Crippen LogP contribution is 2.29. The number of non-ortho nitro benzene ring substituents is 1. The van der Waals surface area contributed by atoms with Crippen LogP contribution < -0.4 is 4.74 Å². The molecule has 0 heterocycles. The van der Waals surface area contributed by atoms with Crippen LogP contribution in [-0.2, 0) is 11.4 Å². The molecule has 1 atom stereocenters.